The van der Waals surface area contributed by atoms with Crippen molar-refractivity contribution in [3.05, 3.63) is 24.4 Å². The lowest BCUT2D eigenvalue weighted by molar-refractivity contribution is -0.136. The molecule has 0 aliphatic carbocycles. The van der Waals surface area contributed by atoms with Crippen molar-refractivity contribution in [1.82, 2.24) is 5.32 Å². The van der Waals surface area contributed by atoms with Crippen molar-refractivity contribution in [2.45, 2.75) is 26.4 Å². The average Bonchev–Trinajstić information content (AvgIpc) is 2.13. The third-order valence-electron chi connectivity index (χ3n) is 1.33. The van der Waals surface area contributed by atoms with E-state index in [9.17, 15) is 9.59 Å². The molecule has 0 aromatic carbocycles. The van der Waals surface area contributed by atoms with Crippen LogP contribution in [0.5, 0.6) is 0 Å². The second kappa shape index (κ2) is 5.95. The molecule has 5 heteroatoms. The van der Waals surface area contributed by atoms with E-state index in [-0.39, 0.29) is 5.70 Å². The van der Waals surface area contributed by atoms with Gasteiger partial charge in [-0.2, -0.15) is 0 Å². The molecular formula is C11H17NO4. The molecular weight excluding hydrogens is 210 g/mol. The first-order valence-electron chi connectivity index (χ1n) is 4.71. The monoisotopic (exact) mass is 227 g/mol. The van der Waals surface area contributed by atoms with Crippen LogP contribution in [-0.2, 0) is 14.3 Å². The molecule has 0 spiro atoms. The summed E-state index contributed by atoms with van der Waals surface area (Å²) < 4.78 is 9.45. The first-order valence-corrected chi connectivity index (χ1v) is 4.71. The molecule has 0 aliphatic rings. The molecule has 1 N–H and O–H groups in total. The molecule has 0 atom stereocenters. The van der Waals surface area contributed by atoms with E-state index in [1.165, 1.54) is 19.3 Å². The molecule has 0 unspecified atom stereocenters. The predicted molar refractivity (Wildman–Crippen MR) is 59.7 cm³/mol. The molecule has 0 saturated carbocycles. The largest absolute Gasteiger partial charge is 0.464 e. The van der Waals surface area contributed by atoms with Crippen LogP contribution in [0.15, 0.2) is 24.4 Å². The second-order valence-corrected chi connectivity index (χ2v) is 3.93. The lowest BCUT2D eigenvalue weighted by atomic mass is 10.2. The van der Waals surface area contributed by atoms with Crippen molar-refractivity contribution >= 4 is 12.1 Å². The smallest absolute Gasteiger partial charge is 0.412 e. The molecule has 0 aromatic rings. The van der Waals surface area contributed by atoms with Crippen molar-refractivity contribution < 1.29 is 19.1 Å². The molecule has 0 heterocycles. The number of allylic oxidation sites excluding steroid dienone is 2. The fourth-order valence-electron chi connectivity index (χ4n) is 0.802. The summed E-state index contributed by atoms with van der Waals surface area (Å²) in [4.78, 5) is 22.5. The lowest BCUT2D eigenvalue weighted by Gasteiger charge is -2.19. The van der Waals surface area contributed by atoms with E-state index >= 15 is 0 Å². The summed E-state index contributed by atoms with van der Waals surface area (Å²) in [5.41, 5.74) is -0.647. The molecule has 0 aliphatic heterocycles. The number of hydrogen-bond acceptors (Lipinski definition) is 4. The van der Waals surface area contributed by atoms with Crippen LogP contribution in [0.1, 0.15) is 20.8 Å². The zero-order valence-corrected chi connectivity index (χ0v) is 9.99. The van der Waals surface area contributed by atoms with Crippen molar-refractivity contribution in [3.63, 3.8) is 0 Å². The highest BCUT2D eigenvalue weighted by molar-refractivity contribution is 5.92. The van der Waals surface area contributed by atoms with E-state index in [0.717, 1.165) is 0 Å². The Morgan fingerprint density at radius 2 is 1.88 bits per heavy atom. The van der Waals surface area contributed by atoms with Gasteiger partial charge >= 0.3 is 12.1 Å². The SMILES string of the molecule is C=C/C=C(\NC(=O)OC(C)(C)C)C(=O)OC. The van der Waals surface area contributed by atoms with Crippen molar-refractivity contribution in [2.24, 2.45) is 0 Å². The van der Waals surface area contributed by atoms with Gasteiger partial charge in [-0.05, 0) is 26.8 Å². The van der Waals surface area contributed by atoms with Crippen molar-refractivity contribution in [2.75, 3.05) is 7.11 Å². The number of nitrogens with one attached hydrogen (secondary N) is 1. The Bertz CT molecular complexity index is 312. The lowest BCUT2D eigenvalue weighted by Crippen LogP contribution is -2.34. The van der Waals surface area contributed by atoms with Gasteiger partial charge in [-0.3, -0.25) is 5.32 Å². The number of amides is 1. The molecule has 0 radical (unpaired) electrons. The van der Waals surface area contributed by atoms with Crippen LogP contribution in [-0.4, -0.2) is 24.8 Å². The minimum absolute atomic E-state index is 0.0215. The maximum Gasteiger partial charge on any atom is 0.412 e. The molecule has 1 amide bonds. The molecule has 0 bridgehead atoms. The summed E-state index contributed by atoms with van der Waals surface area (Å²) >= 11 is 0. The minimum Gasteiger partial charge on any atom is -0.464 e. The van der Waals surface area contributed by atoms with E-state index in [1.807, 2.05) is 0 Å². The summed E-state index contributed by atoms with van der Waals surface area (Å²) in [5.74, 6) is -0.661. The van der Waals surface area contributed by atoms with Gasteiger partial charge in [-0.25, -0.2) is 9.59 Å². The van der Waals surface area contributed by atoms with Gasteiger partial charge in [0.15, 0.2) is 0 Å². The van der Waals surface area contributed by atoms with Gasteiger partial charge in [-0.1, -0.05) is 12.7 Å². The topological polar surface area (TPSA) is 64.6 Å². The first kappa shape index (κ1) is 14.2. The van der Waals surface area contributed by atoms with Gasteiger partial charge in [0, 0.05) is 0 Å². The van der Waals surface area contributed by atoms with E-state index in [0.29, 0.717) is 0 Å². The molecule has 5 nitrogen and oxygen atoms in total. The maximum atomic E-state index is 11.3. The summed E-state index contributed by atoms with van der Waals surface area (Å²) in [6.45, 7) is 8.59. The Hall–Kier alpha value is -1.78. The van der Waals surface area contributed by atoms with E-state index in [4.69, 9.17) is 4.74 Å². The Balaban J connectivity index is 4.54. The normalized spacial score (nSPS) is 11.6. The van der Waals surface area contributed by atoms with Crippen LogP contribution in [0.2, 0.25) is 0 Å². The standard InChI is InChI=1S/C11H17NO4/c1-6-7-8(9(13)15-5)12-10(14)16-11(2,3)4/h6-7H,1H2,2-5H3,(H,12,14)/b8-7-. The maximum absolute atomic E-state index is 11.3. The minimum atomic E-state index is -0.717. The van der Waals surface area contributed by atoms with E-state index in [1.54, 1.807) is 20.8 Å². The Morgan fingerprint density at radius 1 is 1.31 bits per heavy atom. The molecule has 90 valence electrons. The van der Waals surface area contributed by atoms with Gasteiger partial charge in [-0.15, -0.1) is 0 Å². The van der Waals surface area contributed by atoms with Gasteiger partial charge in [0.2, 0.25) is 0 Å². The van der Waals surface area contributed by atoms with Crippen molar-refractivity contribution in [3.8, 4) is 0 Å². The van der Waals surface area contributed by atoms with Crippen LogP contribution in [0, 0.1) is 0 Å². The van der Waals surface area contributed by atoms with Crippen LogP contribution >= 0.6 is 0 Å². The molecule has 0 fully saturated rings. The van der Waals surface area contributed by atoms with Crippen LogP contribution in [0.4, 0.5) is 4.79 Å². The number of methoxy groups -OCH3 is 1. The number of ether oxygens (including phenoxy) is 2. The summed E-state index contributed by atoms with van der Waals surface area (Å²) in [5, 5.41) is 2.28. The Labute approximate surface area is 95.1 Å². The predicted octanol–water partition coefficient (Wildman–Crippen LogP) is 1.75. The van der Waals surface area contributed by atoms with Gasteiger partial charge in [0.1, 0.15) is 11.3 Å². The highest BCUT2D eigenvalue weighted by atomic mass is 16.6. The number of carbonyl (C=O) groups excluding carboxylic acids is 2. The quantitative estimate of drug-likeness (QED) is 0.453. The number of carbonyl (C=O) groups is 2. The molecule has 0 aromatic heterocycles. The summed E-state index contributed by atoms with van der Waals surface area (Å²) in [6, 6.07) is 0. The average molecular weight is 227 g/mol. The fraction of sp³-hybridized carbons (Fsp3) is 0.455. The highest BCUT2D eigenvalue weighted by Gasteiger charge is 2.19. The van der Waals surface area contributed by atoms with Gasteiger partial charge < -0.3 is 9.47 Å². The van der Waals surface area contributed by atoms with Crippen LogP contribution in [0.3, 0.4) is 0 Å². The van der Waals surface area contributed by atoms with Crippen LogP contribution in [0.25, 0.3) is 0 Å². The Morgan fingerprint density at radius 3 is 2.25 bits per heavy atom. The number of hydrogen-bond donors (Lipinski definition) is 1. The summed E-state index contributed by atoms with van der Waals surface area (Å²) in [6.07, 6.45) is 1.98. The highest BCUT2D eigenvalue weighted by Crippen LogP contribution is 2.07. The second-order valence-electron chi connectivity index (χ2n) is 3.93. The zero-order valence-electron chi connectivity index (χ0n) is 9.99. The van der Waals surface area contributed by atoms with Crippen LogP contribution < -0.4 is 5.32 Å². The fourth-order valence-corrected chi connectivity index (χ4v) is 0.802. The van der Waals surface area contributed by atoms with E-state index in [2.05, 4.69) is 16.6 Å². The first-order chi connectivity index (χ1) is 7.30. The molecule has 0 saturated heterocycles. The van der Waals surface area contributed by atoms with Gasteiger partial charge in [0.05, 0.1) is 7.11 Å². The van der Waals surface area contributed by atoms with Crippen molar-refractivity contribution in [1.29, 1.82) is 0 Å². The van der Waals surface area contributed by atoms with E-state index < -0.39 is 17.7 Å². The third-order valence-corrected chi connectivity index (χ3v) is 1.33. The number of esters is 1. The molecule has 0 rings (SSSR count). The third kappa shape index (κ3) is 5.85. The number of alkyl carbamates (subject to hydrolysis) is 1. The zero-order chi connectivity index (χ0) is 12.8. The number of rotatable bonds is 3. The van der Waals surface area contributed by atoms with Gasteiger partial charge in [0.25, 0.3) is 0 Å². The molecule has 16 heavy (non-hydrogen) atoms. The Kier molecular flexibility index (Phi) is 5.29. The summed E-state index contributed by atoms with van der Waals surface area (Å²) in [7, 11) is 1.22.